The van der Waals surface area contributed by atoms with Crippen LogP contribution in [0.15, 0.2) is 0 Å². The zero-order valence-corrected chi connectivity index (χ0v) is 18.1. The fraction of sp³-hybridized carbons (Fsp3) is 0.900. The Hall–Kier alpha value is -0.940. The molecule has 0 rings (SSSR count). The summed E-state index contributed by atoms with van der Waals surface area (Å²) in [7, 11) is 0. The molecule has 0 aliphatic carbocycles. The SMILES string of the molecule is CC(C)(O)C(C)(C)C(C)(C)OC(=O)C(=O)C(C)(C)C(C)(C)C(C)(C)O. The first-order valence-corrected chi connectivity index (χ1v) is 8.76. The van der Waals surface area contributed by atoms with Crippen LogP contribution in [0.5, 0.6) is 0 Å². The highest BCUT2D eigenvalue weighted by atomic mass is 16.6. The molecule has 0 aliphatic rings. The lowest BCUT2D eigenvalue weighted by atomic mass is 9.58. The number of carbonyl (C=O) groups is 2. The number of esters is 1. The second kappa shape index (κ2) is 6.34. The van der Waals surface area contributed by atoms with Crippen molar-refractivity contribution < 1.29 is 24.5 Å². The molecule has 0 atom stereocenters. The van der Waals surface area contributed by atoms with E-state index in [1.54, 1.807) is 83.1 Å². The number of ether oxygens (including phenoxy) is 1. The molecule has 0 fully saturated rings. The third-order valence-electron chi connectivity index (χ3n) is 7.23. The average Bonchev–Trinajstić information content (AvgIpc) is 2.33. The number of ketones is 1. The average molecular weight is 359 g/mol. The highest BCUT2D eigenvalue weighted by Crippen LogP contribution is 2.48. The van der Waals surface area contributed by atoms with Crippen molar-refractivity contribution in [3.8, 4) is 0 Å². The van der Waals surface area contributed by atoms with Crippen LogP contribution < -0.4 is 0 Å². The molecule has 0 heterocycles. The topological polar surface area (TPSA) is 83.8 Å². The molecule has 25 heavy (non-hydrogen) atoms. The summed E-state index contributed by atoms with van der Waals surface area (Å²) in [5.41, 5.74) is -6.18. The van der Waals surface area contributed by atoms with Crippen molar-refractivity contribution >= 4 is 11.8 Å². The van der Waals surface area contributed by atoms with Crippen LogP contribution in [0.1, 0.15) is 83.1 Å². The molecule has 0 bridgehead atoms. The lowest BCUT2D eigenvalue weighted by Crippen LogP contribution is -2.58. The van der Waals surface area contributed by atoms with E-state index in [-0.39, 0.29) is 0 Å². The molecule has 0 spiro atoms. The smallest absolute Gasteiger partial charge is 0.375 e. The Morgan fingerprint density at radius 3 is 1.24 bits per heavy atom. The van der Waals surface area contributed by atoms with E-state index in [9.17, 15) is 19.8 Å². The van der Waals surface area contributed by atoms with Crippen molar-refractivity contribution in [2.75, 3.05) is 0 Å². The normalized spacial score (nSPS) is 15.1. The highest BCUT2D eigenvalue weighted by molar-refractivity contribution is 6.35. The van der Waals surface area contributed by atoms with Gasteiger partial charge < -0.3 is 14.9 Å². The van der Waals surface area contributed by atoms with Gasteiger partial charge in [-0.3, -0.25) is 4.79 Å². The fourth-order valence-electron chi connectivity index (χ4n) is 2.45. The van der Waals surface area contributed by atoms with Gasteiger partial charge in [0.05, 0.1) is 11.2 Å². The molecule has 148 valence electrons. The van der Waals surface area contributed by atoms with Gasteiger partial charge in [0, 0.05) is 16.2 Å². The maximum Gasteiger partial charge on any atom is 0.375 e. The lowest BCUT2D eigenvalue weighted by molar-refractivity contribution is -0.197. The number of rotatable bonds is 7. The van der Waals surface area contributed by atoms with E-state index in [1.165, 1.54) is 0 Å². The summed E-state index contributed by atoms with van der Waals surface area (Å²) in [4.78, 5) is 25.5. The van der Waals surface area contributed by atoms with Crippen LogP contribution in [0.25, 0.3) is 0 Å². The van der Waals surface area contributed by atoms with Crippen LogP contribution in [-0.4, -0.2) is 38.8 Å². The Balaban J connectivity index is 5.70. The van der Waals surface area contributed by atoms with Crippen LogP contribution in [-0.2, 0) is 14.3 Å². The van der Waals surface area contributed by atoms with E-state index in [0.717, 1.165) is 0 Å². The second-order valence-electron chi connectivity index (χ2n) is 10.2. The number of hydrogen-bond donors (Lipinski definition) is 2. The van der Waals surface area contributed by atoms with E-state index in [2.05, 4.69) is 0 Å². The van der Waals surface area contributed by atoms with Gasteiger partial charge in [-0.15, -0.1) is 0 Å². The molecule has 0 aromatic heterocycles. The maximum absolute atomic E-state index is 12.9. The van der Waals surface area contributed by atoms with Gasteiger partial charge in [-0.25, -0.2) is 4.79 Å². The molecule has 0 aliphatic heterocycles. The summed E-state index contributed by atoms with van der Waals surface area (Å²) >= 11 is 0. The third-order valence-corrected chi connectivity index (χ3v) is 7.23. The van der Waals surface area contributed by atoms with Crippen molar-refractivity contribution in [2.45, 2.75) is 99.9 Å². The summed E-state index contributed by atoms with van der Waals surface area (Å²) in [6.07, 6.45) is 0. The molecule has 0 amide bonds. The van der Waals surface area contributed by atoms with Crippen LogP contribution in [0, 0.1) is 16.2 Å². The third kappa shape index (κ3) is 4.08. The molecule has 0 saturated carbocycles. The Kier molecular flexibility index (Phi) is 6.11. The van der Waals surface area contributed by atoms with Crippen molar-refractivity contribution in [1.82, 2.24) is 0 Å². The number of carbonyl (C=O) groups excluding carboxylic acids is 2. The molecule has 0 aromatic carbocycles. The Bertz CT molecular complexity index is 525. The van der Waals surface area contributed by atoms with E-state index in [4.69, 9.17) is 4.74 Å². The number of hydrogen-bond acceptors (Lipinski definition) is 5. The molecule has 2 N–H and O–H groups in total. The Morgan fingerprint density at radius 1 is 0.640 bits per heavy atom. The van der Waals surface area contributed by atoms with Crippen LogP contribution in [0.3, 0.4) is 0 Å². The van der Waals surface area contributed by atoms with E-state index in [0.29, 0.717) is 0 Å². The summed E-state index contributed by atoms with van der Waals surface area (Å²) in [6, 6.07) is 0. The van der Waals surface area contributed by atoms with Gasteiger partial charge in [0.25, 0.3) is 0 Å². The first-order chi connectivity index (χ1) is 10.5. The largest absolute Gasteiger partial charge is 0.453 e. The van der Waals surface area contributed by atoms with Crippen LogP contribution in [0.2, 0.25) is 0 Å². The first-order valence-electron chi connectivity index (χ1n) is 8.76. The molecule has 5 nitrogen and oxygen atoms in total. The highest BCUT2D eigenvalue weighted by Gasteiger charge is 2.55. The van der Waals surface area contributed by atoms with Crippen LogP contribution >= 0.6 is 0 Å². The van der Waals surface area contributed by atoms with Gasteiger partial charge in [-0.05, 0) is 41.5 Å². The fourth-order valence-corrected chi connectivity index (χ4v) is 2.45. The molecule has 0 aromatic rings. The molecular formula is C20H38O5. The van der Waals surface area contributed by atoms with E-state index >= 15 is 0 Å². The van der Waals surface area contributed by atoms with Crippen LogP contribution in [0.4, 0.5) is 0 Å². The van der Waals surface area contributed by atoms with Gasteiger partial charge in [0.2, 0.25) is 5.78 Å². The van der Waals surface area contributed by atoms with E-state index < -0.39 is 44.8 Å². The Labute approximate surface area is 153 Å². The van der Waals surface area contributed by atoms with Gasteiger partial charge in [0.1, 0.15) is 5.60 Å². The monoisotopic (exact) mass is 358 g/mol. The van der Waals surface area contributed by atoms with Crippen molar-refractivity contribution in [3.05, 3.63) is 0 Å². The molecule has 5 heteroatoms. The minimum Gasteiger partial charge on any atom is -0.453 e. The number of Topliss-reactive ketones (excluding diaryl/α,β-unsaturated/α-hetero) is 1. The van der Waals surface area contributed by atoms with Crippen molar-refractivity contribution in [2.24, 2.45) is 16.2 Å². The second-order valence-corrected chi connectivity index (χ2v) is 10.2. The van der Waals surface area contributed by atoms with Crippen molar-refractivity contribution in [1.29, 1.82) is 0 Å². The summed E-state index contributed by atoms with van der Waals surface area (Å²) < 4.78 is 5.56. The van der Waals surface area contributed by atoms with E-state index in [1.807, 2.05) is 0 Å². The van der Waals surface area contributed by atoms with Gasteiger partial charge in [0.15, 0.2) is 0 Å². The number of aliphatic hydroxyl groups is 2. The van der Waals surface area contributed by atoms with Gasteiger partial charge >= 0.3 is 5.97 Å². The Morgan fingerprint density at radius 2 is 0.960 bits per heavy atom. The predicted molar refractivity (Wildman–Crippen MR) is 99.1 cm³/mol. The molecule has 0 saturated heterocycles. The zero-order chi connectivity index (χ0) is 20.9. The lowest BCUT2D eigenvalue weighted by Gasteiger charge is -2.50. The summed E-state index contributed by atoms with van der Waals surface area (Å²) in [5.74, 6) is -1.65. The predicted octanol–water partition coefficient (Wildman–Crippen LogP) is 3.50. The molecule has 0 unspecified atom stereocenters. The van der Waals surface area contributed by atoms with Gasteiger partial charge in [-0.1, -0.05) is 41.5 Å². The molecule has 0 radical (unpaired) electrons. The summed E-state index contributed by atoms with van der Waals surface area (Å²) in [6.45, 7) is 20.3. The van der Waals surface area contributed by atoms with Crippen molar-refractivity contribution in [3.63, 3.8) is 0 Å². The minimum atomic E-state index is -1.17. The van der Waals surface area contributed by atoms with Gasteiger partial charge in [-0.2, -0.15) is 0 Å². The maximum atomic E-state index is 12.9. The quantitative estimate of drug-likeness (QED) is 0.537. The first kappa shape index (κ1) is 24.1. The molecular weight excluding hydrogens is 320 g/mol. The summed E-state index contributed by atoms with van der Waals surface area (Å²) in [5, 5.41) is 20.9. The zero-order valence-electron chi connectivity index (χ0n) is 18.1. The standard InChI is InChI=1S/C20H38O5/c1-15(2,16(3,4)18(7,8)23)13(21)14(22)25-20(11,12)17(5,6)19(9,10)24/h23-24H,1-12H3. The minimum absolute atomic E-state index is 0.695.